The molecule has 0 aromatic heterocycles. The van der Waals surface area contributed by atoms with Crippen LogP contribution in [0.2, 0.25) is 0 Å². The first-order valence-corrected chi connectivity index (χ1v) is 10.8. The lowest BCUT2D eigenvalue weighted by Gasteiger charge is -2.29. The number of fused-ring (bicyclic) bond motifs is 1. The van der Waals surface area contributed by atoms with Gasteiger partial charge in [-0.15, -0.1) is 0 Å². The Morgan fingerprint density at radius 3 is 2.06 bits per heavy atom. The normalized spacial score (nSPS) is 21.7. The number of nitrogens with zero attached hydrogens (tertiary/aromatic N) is 2. The van der Waals surface area contributed by atoms with E-state index in [2.05, 4.69) is 0 Å². The Hall–Kier alpha value is -4.04. The number of phenols is 1. The number of methoxy groups -OCH3 is 2. The zero-order chi connectivity index (χ0) is 24.0. The second-order valence-corrected chi connectivity index (χ2v) is 8.28. The number of ether oxygens (including phenoxy) is 2. The largest absolute Gasteiger partial charge is 0.502 e. The minimum absolute atomic E-state index is 0.148. The molecule has 2 amide bonds. The molecule has 2 fully saturated rings. The molecule has 2 heterocycles. The second-order valence-electron chi connectivity index (χ2n) is 8.28. The minimum Gasteiger partial charge on any atom is -0.502 e. The number of hydroxylamine groups is 1. The van der Waals surface area contributed by atoms with Crippen molar-refractivity contribution >= 4 is 23.2 Å². The molecule has 0 spiro atoms. The molecule has 3 aromatic carbocycles. The molecule has 1 N–H and O–H groups in total. The summed E-state index contributed by atoms with van der Waals surface area (Å²) in [7, 11) is 2.87. The van der Waals surface area contributed by atoms with E-state index < -0.39 is 24.0 Å². The van der Waals surface area contributed by atoms with Gasteiger partial charge in [-0.25, -0.2) is 9.96 Å². The van der Waals surface area contributed by atoms with Crippen molar-refractivity contribution in [3.05, 3.63) is 77.9 Å². The van der Waals surface area contributed by atoms with Crippen LogP contribution in [0.4, 0.5) is 11.4 Å². The van der Waals surface area contributed by atoms with Gasteiger partial charge in [0.1, 0.15) is 5.92 Å². The molecule has 0 bridgehead atoms. The molecule has 0 aliphatic carbocycles. The predicted molar refractivity (Wildman–Crippen MR) is 125 cm³/mol. The predicted octanol–water partition coefficient (Wildman–Crippen LogP) is 3.77. The van der Waals surface area contributed by atoms with Crippen molar-refractivity contribution in [3.8, 4) is 17.2 Å². The fourth-order valence-electron chi connectivity index (χ4n) is 4.59. The van der Waals surface area contributed by atoms with E-state index in [0.29, 0.717) is 16.9 Å². The highest BCUT2D eigenvalue weighted by molar-refractivity contribution is 6.23. The topological polar surface area (TPSA) is 88.5 Å². The van der Waals surface area contributed by atoms with Crippen LogP contribution >= 0.6 is 0 Å². The molecule has 2 aliphatic heterocycles. The number of imide groups is 1. The Kier molecular flexibility index (Phi) is 5.37. The Bertz CT molecular complexity index is 1220. The lowest BCUT2D eigenvalue weighted by Crippen LogP contribution is -2.37. The molecule has 3 aromatic rings. The van der Waals surface area contributed by atoms with Crippen molar-refractivity contribution in [2.24, 2.45) is 5.92 Å². The fourth-order valence-corrected chi connectivity index (χ4v) is 4.59. The first-order chi connectivity index (χ1) is 16.4. The summed E-state index contributed by atoms with van der Waals surface area (Å²) < 4.78 is 10.7. The van der Waals surface area contributed by atoms with Crippen LogP contribution in [-0.2, 0) is 14.4 Å². The number of rotatable bonds is 5. The van der Waals surface area contributed by atoms with Gasteiger partial charge in [-0.05, 0) is 48.9 Å². The molecular weight excluding hydrogens is 436 g/mol. The first kappa shape index (κ1) is 21.8. The molecular formula is C26H24N2O6. The van der Waals surface area contributed by atoms with E-state index >= 15 is 0 Å². The summed E-state index contributed by atoms with van der Waals surface area (Å²) in [6.45, 7) is 1.94. The van der Waals surface area contributed by atoms with Crippen molar-refractivity contribution in [1.82, 2.24) is 0 Å². The van der Waals surface area contributed by atoms with E-state index in [1.54, 1.807) is 29.3 Å². The minimum atomic E-state index is -0.996. The lowest BCUT2D eigenvalue weighted by atomic mass is 9.90. The van der Waals surface area contributed by atoms with E-state index in [0.717, 1.165) is 5.56 Å². The lowest BCUT2D eigenvalue weighted by molar-refractivity contribution is -0.126. The van der Waals surface area contributed by atoms with Crippen molar-refractivity contribution in [3.63, 3.8) is 0 Å². The molecule has 8 nitrogen and oxygen atoms in total. The van der Waals surface area contributed by atoms with Gasteiger partial charge in [0.25, 0.3) is 5.91 Å². The zero-order valence-electron chi connectivity index (χ0n) is 19.0. The molecule has 174 valence electrons. The molecule has 5 rings (SSSR count). The van der Waals surface area contributed by atoms with Crippen LogP contribution in [0.25, 0.3) is 0 Å². The second kappa shape index (κ2) is 8.39. The molecule has 0 unspecified atom stereocenters. The van der Waals surface area contributed by atoms with Gasteiger partial charge in [0.2, 0.25) is 11.7 Å². The first-order valence-electron chi connectivity index (χ1n) is 10.8. The highest BCUT2D eigenvalue weighted by Crippen LogP contribution is 2.50. The quantitative estimate of drug-likeness (QED) is 0.580. The number of benzene rings is 3. The number of carbonyl (C=O) groups excluding carboxylic acids is 2. The van der Waals surface area contributed by atoms with Crippen molar-refractivity contribution in [2.75, 3.05) is 24.2 Å². The van der Waals surface area contributed by atoms with Crippen molar-refractivity contribution < 1.29 is 29.0 Å². The van der Waals surface area contributed by atoms with Crippen LogP contribution in [0.5, 0.6) is 17.2 Å². The average Bonchev–Trinajstić information content (AvgIpc) is 3.36. The summed E-state index contributed by atoms with van der Waals surface area (Å²) in [5.74, 6) is -1.34. The summed E-state index contributed by atoms with van der Waals surface area (Å²) in [5.41, 5.74) is 2.82. The van der Waals surface area contributed by atoms with Crippen LogP contribution < -0.4 is 19.4 Å². The van der Waals surface area contributed by atoms with E-state index in [1.807, 2.05) is 49.4 Å². The van der Waals surface area contributed by atoms with Crippen LogP contribution in [0.1, 0.15) is 17.2 Å². The SMILES string of the molecule is COc1cc([C@@H]2[C@@H]3C(=O)N(c4ccc(C)cc4)C(=O)[C@@H]3ON2c2ccccc2)cc(OC)c1O. The number of phenolic OH excluding ortho intramolecular Hbond substituents is 1. The van der Waals surface area contributed by atoms with Gasteiger partial charge in [-0.1, -0.05) is 35.9 Å². The van der Waals surface area contributed by atoms with Crippen LogP contribution in [0.15, 0.2) is 66.7 Å². The van der Waals surface area contributed by atoms with Gasteiger partial charge in [-0.2, -0.15) is 0 Å². The smallest absolute Gasteiger partial charge is 0.266 e. The number of aryl methyl sites for hydroxylation is 1. The maximum absolute atomic E-state index is 13.7. The molecule has 0 saturated carbocycles. The molecule has 3 atom stereocenters. The highest BCUT2D eigenvalue weighted by atomic mass is 16.7. The summed E-state index contributed by atoms with van der Waals surface area (Å²) >= 11 is 0. The fraction of sp³-hybridized carbons (Fsp3) is 0.231. The van der Waals surface area contributed by atoms with Crippen LogP contribution in [0, 0.1) is 12.8 Å². The third-order valence-corrected chi connectivity index (χ3v) is 6.26. The van der Waals surface area contributed by atoms with Gasteiger partial charge >= 0.3 is 0 Å². The maximum atomic E-state index is 13.7. The van der Waals surface area contributed by atoms with Gasteiger partial charge < -0.3 is 14.6 Å². The number of amides is 2. The van der Waals surface area contributed by atoms with Gasteiger partial charge in [-0.3, -0.25) is 14.4 Å². The number of para-hydroxylation sites is 1. The Morgan fingerprint density at radius 1 is 0.853 bits per heavy atom. The third-order valence-electron chi connectivity index (χ3n) is 6.26. The number of hydrogen-bond donors (Lipinski definition) is 1. The number of hydrogen-bond acceptors (Lipinski definition) is 7. The van der Waals surface area contributed by atoms with E-state index in [-0.39, 0.29) is 23.2 Å². The molecule has 0 radical (unpaired) electrons. The monoisotopic (exact) mass is 460 g/mol. The number of carbonyl (C=O) groups is 2. The maximum Gasteiger partial charge on any atom is 0.266 e. The Balaban J connectivity index is 1.63. The van der Waals surface area contributed by atoms with Crippen molar-refractivity contribution in [2.45, 2.75) is 19.1 Å². The average molecular weight is 460 g/mol. The molecule has 2 saturated heterocycles. The van der Waals surface area contributed by atoms with E-state index in [9.17, 15) is 14.7 Å². The number of aromatic hydroxyl groups is 1. The van der Waals surface area contributed by atoms with Gasteiger partial charge in [0.15, 0.2) is 17.6 Å². The zero-order valence-corrected chi connectivity index (χ0v) is 19.0. The Morgan fingerprint density at radius 2 is 1.47 bits per heavy atom. The summed E-state index contributed by atoms with van der Waals surface area (Å²) in [6.07, 6.45) is -0.996. The van der Waals surface area contributed by atoms with Gasteiger partial charge in [0, 0.05) is 0 Å². The van der Waals surface area contributed by atoms with E-state index in [4.69, 9.17) is 14.3 Å². The molecule has 2 aliphatic rings. The molecule has 8 heteroatoms. The van der Waals surface area contributed by atoms with Crippen molar-refractivity contribution in [1.29, 1.82) is 0 Å². The van der Waals surface area contributed by atoms with Crippen LogP contribution in [0.3, 0.4) is 0 Å². The third kappa shape index (κ3) is 3.34. The Labute approximate surface area is 196 Å². The molecule has 34 heavy (non-hydrogen) atoms. The summed E-state index contributed by atoms with van der Waals surface area (Å²) in [4.78, 5) is 34.5. The van der Waals surface area contributed by atoms with Gasteiger partial charge in [0.05, 0.1) is 31.6 Å². The number of anilines is 2. The summed E-state index contributed by atoms with van der Waals surface area (Å²) in [5, 5.41) is 12.0. The standard InChI is InChI=1S/C26H24N2O6/c1-15-9-11-17(12-10-15)27-25(30)21-22(16-13-19(32-2)23(29)20(14-16)33-3)28(34-24(21)26(27)31)18-7-5-4-6-8-18/h4-14,21-22,24,29H,1-3H3/t21-,22+,24+/m0/s1. The van der Waals surface area contributed by atoms with E-state index in [1.165, 1.54) is 19.1 Å². The summed E-state index contributed by atoms with van der Waals surface area (Å²) in [6, 6.07) is 19.1. The van der Waals surface area contributed by atoms with Crippen LogP contribution in [-0.4, -0.2) is 37.2 Å². The highest BCUT2D eigenvalue weighted by Gasteiger charge is 2.60.